The molecule has 4 heteroatoms. The van der Waals surface area contributed by atoms with Crippen LogP contribution in [-0.4, -0.2) is 4.92 Å². The summed E-state index contributed by atoms with van der Waals surface area (Å²) in [6, 6.07) is 10.3. The van der Waals surface area contributed by atoms with Crippen molar-refractivity contribution in [2.24, 2.45) is 5.92 Å². The Balaban J connectivity index is 1.90. The maximum absolute atomic E-state index is 11.7. The summed E-state index contributed by atoms with van der Waals surface area (Å²) in [5.41, 5.74) is 6.56. The zero-order valence-corrected chi connectivity index (χ0v) is 14.7. The van der Waals surface area contributed by atoms with Crippen LogP contribution >= 0.6 is 0 Å². The van der Waals surface area contributed by atoms with Gasteiger partial charge >= 0.3 is 0 Å². The van der Waals surface area contributed by atoms with Gasteiger partial charge in [0.25, 0.3) is 5.69 Å². The predicted molar refractivity (Wildman–Crippen MR) is 100 cm³/mol. The minimum absolute atomic E-state index is 0.0916. The van der Waals surface area contributed by atoms with Crippen molar-refractivity contribution in [3.05, 3.63) is 80.4 Å². The van der Waals surface area contributed by atoms with E-state index in [1.165, 1.54) is 11.1 Å². The second kappa shape index (κ2) is 5.73. The summed E-state index contributed by atoms with van der Waals surface area (Å²) in [5.74, 6) is 0.636. The number of rotatable bonds is 2. The number of aryl methyl sites for hydroxylation is 2. The van der Waals surface area contributed by atoms with E-state index in [2.05, 4.69) is 55.6 Å². The van der Waals surface area contributed by atoms with E-state index in [0.29, 0.717) is 11.6 Å². The van der Waals surface area contributed by atoms with E-state index in [-0.39, 0.29) is 22.6 Å². The average molecular weight is 334 g/mol. The van der Waals surface area contributed by atoms with E-state index >= 15 is 0 Å². The summed E-state index contributed by atoms with van der Waals surface area (Å²) in [5, 5.41) is 15.2. The molecule has 0 saturated heterocycles. The van der Waals surface area contributed by atoms with Gasteiger partial charge in [-0.05, 0) is 55.4 Å². The fraction of sp³-hybridized carbons (Fsp3) is 0.333. The fourth-order valence-corrected chi connectivity index (χ4v) is 4.33. The summed E-state index contributed by atoms with van der Waals surface area (Å²) >= 11 is 0. The number of benzene rings is 2. The van der Waals surface area contributed by atoms with Crippen LogP contribution in [0.25, 0.3) is 0 Å². The number of hydrogen-bond donors (Lipinski definition) is 1. The molecule has 0 radical (unpaired) electrons. The minimum Gasteiger partial charge on any atom is -0.372 e. The molecule has 4 nitrogen and oxygen atoms in total. The molecule has 0 bridgehead atoms. The molecule has 25 heavy (non-hydrogen) atoms. The van der Waals surface area contributed by atoms with E-state index in [1.807, 2.05) is 6.92 Å². The molecule has 1 heterocycles. The molecule has 128 valence electrons. The SMILES string of the molecule is Cc1ccc([C@H]2Nc3c([N+](=O)[O-])cc(C)c(C)c3C3C=CCC32)cc1. The number of nitro benzene ring substituents is 1. The van der Waals surface area contributed by atoms with Gasteiger partial charge in [-0.3, -0.25) is 10.1 Å². The van der Waals surface area contributed by atoms with Crippen molar-refractivity contribution in [1.29, 1.82) is 0 Å². The molecular weight excluding hydrogens is 312 g/mol. The molecule has 0 saturated carbocycles. The fourth-order valence-electron chi connectivity index (χ4n) is 4.33. The standard InChI is InChI=1S/C21H22N2O2/c1-12-7-9-15(10-8-12)20-17-6-4-5-16(17)19-14(3)13(2)11-18(23(24)25)21(19)22-20/h4-5,7-11,16-17,20,22H,6H2,1-3H3/t16?,17?,20-/m1/s1. The second-order valence-electron chi connectivity index (χ2n) is 7.27. The van der Waals surface area contributed by atoms with Crippen molar-refractivity contribution >= 4 is 11.4 Å². The predicted octanol–water partition coefficient (Wildman–Crippen LogP) is 5.35. The number of fused-ring (bicyclic) bond motifs is 3. The number of anilines is 1. The molecule has 1 N–H and O–H groups in total. The lowest BCUT2D eigenvalue weighted by Gasteiger charge is -2.38. The first-order valence-corrected chi connectivity index (χ1v) is 8.75. The summed E-state index contributed by atoms with van der Waals surface area (Å²) in [6.45, 7) is 6.11. The number of nitro groups is 1. The highest BCUT2D eigenvalue weighted by molar-refractivity contribution is 5.74. The van der Waals surface area contributed by atoms with Crippen LogP contribution in [0.2, 0.25) is 0 Å². The number of hydrogen-bond acceptors (Lipinski definition) is 3. The van der Waals surface area contributed by atoms with Gasteiger partial charge in [0.15, 0.2) is 0 Å². The summed E-state index contributed by atoms with van der Waals surface area (Å²) in [6.07, 6.45) is 5.46. The highest BCUT2D eigenvalue weighted by Gasteiger charge is 2.41. The van der Waals surface area contributed by atoms with Crippen molar-refractivity contribution < 1.29 is 4.92 Å². The van der Waals surface area contributed by atoms with E-state index in [1.54, 1.807) is 6.07 Å². The first kappa shape index (κ1) is 15.9. The Kier molecular flexibility index (Phi) is 3.64. The van der Waals surface area contributed by atoms with E-state index in [4.69, 9.17) is 0 Å². The third kappa shape index (κ3) is 2.44. The summed E-state index contributed by atoms with van der Waals surface area (Å²) in [7, 11) is 0. The first-order chi connectivity index (χ1) is 12.0. The van der Waals surface area contributed by atoms with Gasteiger partial charge in [0, 0.05) is 12.0 Å². The zero-order chi connectivity index (χ0) is 17.7. The molecule has 2 aromatic carbocycles. The number of allylic oxidation sites excluding steroid dienone is 2. The Hall–Kier alpha value is -2.62. The maximum Gasteiger partial charge on any atom is 0.292 e. The normalized spacial score (nSPS) is 23.7. The molecule has 2 aliphatic rings. The van der Waals surface area contributed by atoms with Crippen molar-refractivity contribution in [3.63, 3.8) is 0 Å². The monoisotopic (exact) mass is 334 g/mol. The summed E-state index contributed by atoms with van der Waals surface area (Å²) in [4.78, 5) is 11.4. The molecule has 4 rings (SSSR count). The Morgan fingerprint density at radius 2 is 1.88 bits per heavy atom. The number of nitrogens with one attached hydrogen (secondary N) is 1. The van der Waals surface area contributed by atoms with Crippen molar-refractivity contribution in [2.75, 3.05) is 5.32 Å². The topological polar surface area (TPSA) is 55.2 Å². The second-order valence-corrected chi connectivity index (χ2v) is 7.27. The van der Waals surface area contributed by atoms with Crippen LogP contribution in [0.5, 0.6) is 0 Å². The Morgan fingerprint density at radius 1 is 1.16 bits per heavy atom. The lowest BCUT2D eigenvalue weighted by Crippen LogP contribution is -2.30. The third-order valence-corrected chi connectivity index (χ3v) is 5.78. The summed E-state index contributed by atoms with van der Waals surface area (Å²) < 4.78 is 0. The molecule has 0 spiro atoms. The van der Waals surface area contributed by atoms with Crippen molar-refractivity contribution in [2.45, 2.75) is 39.2 Å². The largest absolute Gasteiger partial charge is 0.372 e. The van der Waals surface area contributed by atoms with Gasteiger partial charge in [-0.2, -0.15) is 0 Å². The Labute approximate surface area is 147 Å². The molecule has 0 amide bonds. The first-order valence-electron chi connectivity index (χ1n) is 8.75. The lowest BCUT2D eigenvalue weighted by atomic mass is 9.74. The molecule has 0 fully saturated rings. The Bertz CT molecular complexity index is 884. The lowest BCUT2D eigenvalue weighted by molar-refractivity contribution is -0.384. The van der Waals surface area contributed by atoms with Gasteiger partial charge in [-0.15, -0.1) is 0 Å². The van der Waals surface area contributed by atoms with Gasteiger partial charge in [0.1, 0.15) is 5.69 Å². The van der Waals surface area contributed by atoms with Crippen molar-refractivity contribution in [1.82, 2.24) is 0 Å². The third-order valence-electron chi connectivity index (χ3n) is 5.78. The smallest absolute Gasteiger partial charge is 0.292 e. The van der Waals surface area contributed by atoms with Crippen LogP contribution in [0.3, 0.4) is 0 Å². The van der Waals surface area contributed by atoms with Gasteiger partial charge in [-0.25, -0.2) is 0 Å². The van der Waals surface area contributed by atoms with Crippen molar-refractivity contribution in [3.8, 4) is 0 Å². The van der Waals surface area contributed by atoms with Crippen LogP contribution in [0, 0.1) is 36.8 Å². The van der Waals surface area contributed by atoms with E-state index in [0.717, 1.165) is 23.1 Å². The maximum atomic E-state index is 11.7. The van der Waals surface area contributed by atoms with Gasteiger partial charge in [0.05, 0.1) is 11.0 Å². The van der Waals surface area contributed by atoms with Crippen LogP contribution < -0.4 is 5.32 Å². The molecule has 0 aromatic heterocycles. The van der Waals surface area contributed by atoms with E-state index in [9.17, 15) is 10.1 Å². The molecular formula is C21H22N2O2. The molecule has 1 aliphatic heterocycles. The minimum atomic E-state index is -0.260. The molecule has 3 atom stereocenters. The molecule has 1 aliphatic carbocycles. The number of nitrogens with zero attached hydrogens (tertiary/aromatic N) is 1. The van der Waals surface area contributed by atoms with Crippen LogP contribution in [0.15, 0.2) is 42.5 Å². The van der Waals surface area contributed by atoms with E-state index < -0.39 is 0 Å². The molecule has 2 aromatic rings. The Morgan fingerprint density at radius 3 is 2.56 bits per heavy atom. The quantitative estimate of drug-likeness (QED) is 0.458. The van der Waals surface area contributed by atoms with Crippen LogP contribution in [-0.2, 0) is 0 Å². The van der Waals surface area contributed by atoms with Gasteiger partial charge in [-0.1, -0.05) is 42.0 Å². The van der Waals surface area contributed by atoms with Crippen LogP contribution in [0.4, 0.5) is 11.4 Å². The van der Waals surface area contributed by atoms with Crippen LogP contribution in [0.1, 0.15) is 46.2 Å². The highest BCUT2D eigenvalue weighted by atomic mass is 16.6. The molecule has 2 unspecified atom stereocenters. The highest BCUT2D eigenvalue weighted by Crippen LogP contribution is 2.53. The average Bonchev–Trinajstić information content (AvgIpc) is 3.07. The zero-order valence-electron chi connectivity index (χ0n) is 14.7. The van der Waals surface area contributed by atoms with Gasteiger partial charge in [0.2, 0.25) is 0 Å². The van der Waals surface area contributed by atoms with Gasteiger partial charge < -0.3 is 5.32 Å².